The van der Waals surface area contributed by atoms with E-state index in [0.717, 1.165) is 17.8 Å². The number of hydrogen-bond acceptors (Lipinski definition) is 3. The summed E-state index contributed by atoms with van der Waals surface area (Å²) in [5.74, 6) is -0.177. The van der Waals surface area contributed by atoms with Crippen molar-refractivity contribution in [2.24, 2.45) is 0 Å². The number of benzene rings is 1. The monoisotopic (exact) mass is 338 g/mol. The summed E-state index contributed by atoms with van der Waals surface area (Å²) in [5, 5.41) is 0.273. The van der Waals surface area contributed by atoms with Crippen LogP contribution in [0.5, 0.6) is 0 Å². The number of rotatable bonds is 2. The Labute approximate surface area is 144 Å². The fraction of sp³-hybridized carbons (Fsp3) is 0.167. The van der Waals surface area contributed by atoms with Crippen molar-refractivity contribution in [2.75, 3.05) is 6.54 Å². The van der Waals surface area contributed by atoms with Gasteiger partial charge in [-0.05, 0) is 17.7 Å². The smallest absolute Gasteiger partial charge is 0.275 e. The highest BCUT2D eigenvalue weighted by Crippen LogP contribution is 2.33. The number of hydrogen-bond donors (Lipinski definition) is 0. The second-order valence-corrected chi connectivity index (χ2v) is 6.06. The highest BCUT2D eigenvalue weighted by Gasteiger charge is 2.33. The molecule has 0 spiro atoms. The molecule has 0 bridgehead atoms. The maximum absolute atomic E-state index is 13.1. The molecule has 5 nitrogen and oxygen atoms in total. The van der Waals surface area contributed by atoms with Crippen LogP contribution in [0.1, 0.15) is 27.8 Å². The predicted molar refractivity (Wildman–Crippen MR) is 90.8 cm³/mol. The van der Waals surface area contributed by atoms with Crippen molar-refractivity contribution in [2.45, 2.75) is 12.6 Å². The summed E-state index contributed by atoms with van der Waals surface area (Å²) in [6.45, 7) is 1.35. The number of nitrogens with zero attached hydrogens (tertiary/aromatic N) is 4. The van der Waals surface area contributed by atoms with Crippen LogP contribution in [0.3, 0.4) is 0 Å². The van der Waals surface area contributed by atoms with Crippen molar-refractivity contribution >= 4 is 17.5 Å². The Hall–Kier alpha value is -2.66. The van der Waals surface area contributed by atoms with Gasteiger partial charge in [0.15, 0.2) is 0 Å². The number of aromatic nitrogens is 3. The summed E-state index contributed by atoms with van der Waals surface area (Å²) in [5.41, 5.74) is 2.40. The maximum atomic E-state index is 13.1. The molecule has 120 valence electrons. The first-order valence-corrected chi connectivity index (χ1v) is 8.10. The number of halogens is 1. The molecule has 3 aromatic rings. The lowest BCUT2D eigenvalue weighted by atomic mass is 9.99. The largest absolute Gasteiger partial charge is 0.348 e. The van der Waals surface area contributed by atoms with Crippen LogP contribution in [0, 0.1) is 0 Å². The topological polar surface area (TPSA) is 51.0 Å². The zero-order valence-electron chi connectivity index (χ0n) is 12.8. The Kier molecular flexibility index (Phi) is 3.78. The number of fused-ring (bicyclic) bond motifs is 1. The molecule has 3 heterocycles. The second kappa shape index (κ2) is 6.09. The lowest BCUT2D eigenvalue weighted by molar-refractivity contribution is 0.0658. The first-order chi connectivity index (χ1) is 11.8. The quantitative estimate of drug-likeness (QED) is 0.721. The van der Waals surface area contributed by atoms with Crippen molar-refractivity contribution in [3.8, 4) is 0 Å². The lowest BCUT2D eigenvalue weighted by Gasteiger charge is -2.37. The number of amides is 1. The van der Waals surface area contributed by atoms with E-state index in [-0.39, 0.29) is 22.7 Å². The molecule has 0 saturated carbocycles. The zero-order chi connectivity index (χ0) is 16.5. The summed E-state index contributed by atoms with van der Waals surface area (Å²) >= 11 is 6.13. The van der Waals surface area contributed by atoms with Crippen molar-refractivity contribution in [1.29, 1.82) is 0 Å². The van der Waals surface area contributed by atoms with Crippen LogP contribution in [0.2, 0.25) is 5.02 Å². The first-order valence-electron chi connectivity index (χ1n) is 7.72. The van der Waals surface area contributed by atoms with Crippen LogP contribution >= 0.6 is 11.6 Å². The van der Waals surface area contributed by atoms with E-state index in [1.165, 1.54) is 12.5 Å². The van der Waals surface area contributed by atoms with Gasteiger partial charge in [-0.25, -0.2) is 9.97 Å². The van der Waals surface area contributed by atoms with E-state index in [0.29, 0.717) is 6.54 Å². The SMILES string of the molecule is O=C(c1ncncc1Cl)N1CCn2cccc2C1c1ccccc1. The summed E-state index contributed by atoms with van der Waals surface area (Å²) < 4.78 is 2.18. The number of carbonyl (C=O) groups is 1. The van der Waals surface area contributed by atoms with Crippen LogP contribution in [0.25, 0.3) is 0 Å². The normalized spacial score (nSPS) is 16.7. The third-order valence-electron chi connectivity index (χ3n) is 4.28. The van der Waals surface area contributed by atoms with Crippen molar-refractivity contribution in [3.63, 3.8) is 0 Å². The van der Waals surface area contributed by atoms with Crippen molar-refractivity contribution < 1.29 is 4.79 Å². The summed E-state index contributed by atoms with van der Waals surface area (Å²) in [4.78, 5) is 22.9. The van der Waals surface area contributed by atoms with Gasteiger partial charge in [-0.3, -0.25) is 4.79 Å². The van der Waals surface area contributed by atoms with Crippen LogP contribution in [0.4, 0.5) is 0 Å². The molecule has 1 aliphatic heterocycles. The molecule has 0 N–H and O–H groups in total. The fourth-order valence-electron chi connectivity index (χ4n) is 3.19. The molecule has 24 heavy (non-hydrogen) atoms. The van der Waals surface area contributed by atoms with Crippen LogP contribution in [0.15, 0.2) is 61.2 Å². The van der Waals surface area contributed by atoms with Gasteiger partial charge < -0.3 is 9.47 Å². The van der Waals surface area contributed by atoms with E-state index in [1.807, 2.05) is 47.5 Å². The highest BCUT2D eigenvalue weighted by atomic mass is 35.5. The Bertz CT molecular complexity index is 877. The minimum absolute atomic E-state index is 0.159. The molecular formula is C18H15ClN4O. The van der Waals surface area contributed by atoms with E-state index in [9.17, 15) is 4.79 Å². The van der Waals surface area contributed by atoms with Gasteiger partial charge in [-0.2, -0.15) is 0 Å². The predicted octanol–water partition coefficient (Wildman–Crippen LogP) is 3.18. The van der Waals surface area contributed by atoms with Crippen LogP contribution in [-0.2, 0) is 6.54 Å². The Balaban J connectivity index is 1.80. The third kappa shape index (κ3) is 2.47. The zero-order valence-corrected chi connectivity index (χ0v) is 13.6. The highest BCUT2D eigenvalue weighted by molar-refractivity contribution is 6.33. The summed E-state index contributed by atoms with van der Waals surface area (Å²) in [6.07, 6.45) is 4.85. The minimum Gasteiger partial charge on any atom is -0.348 e. The van der Waals surface area contributed by atoms with Crippen molar-refractivity contribution in [1.82, 2.24) is 19.4 Å². The van der Waals surface area contributed by atoms with Crippen LogP contribution in [-0.4, -0.2) is 31.9 Å². The fourth-order valence-corrected chi connectivity index (χ4v) is 3.38. The molecule has 0 radical (unpaired) electrons. The lowest BCUT2D eigenvalue weighted by Crippen LogP contribution is -2.42. The molecule has 0 aliphatic carbocycles. The van der Waals surface area contributed by atoms with E-state index in [2.05, 4.69) is 20.6 Å². The Morgan fingerprint density at radius 2 is 1.96 bits per heavy atom. The van der Waals surface area contributed by atoms with Gasteiger partial charge >= 0.3 is 0 Å². The van der Waals surface area contributed by atoms with Crippen molar-refractivity contribution in [3.05, 3.63) is 83.2 Å². The van der Waals surface area contributed by atoms with Gasteiger partial charge in [0, 0.05) is 31.2 Å². The van der Waals surface area contributed by atoms with Gasteiger partial charge in [-0.1, -0.05) is 41.9 Å². The minimum atomic E-state index is -0.177. The molecule has 2 aromatic heterocycles. The molecule has 0 fully saturated rings. The summed E-state index contributed by atoms with van der Waals surface area (Å²) in [6, 6.07) is 13.9. The van der Waals surface area contributed by atoms with E-state index in [1.54, 1.807) is 0 Å². The average molecular weight is 339 g/mol. The number of carbonyl (C=O) groups excluding carboxylic acids is 1. The molecule has 4 rings (SSSR count). The molecule has 0 saturated heterocycles. The van der Waals surface area contributed by atoms with Gasteiger partial charge in [0.2, 0.25) is 0 Å². The van der Waals surface area contributed by atoms with Gasteiger partial charge in [0.05, 0.1) is 11.1 Å². The summed E-state index contributed by atoms with van der Waals surface area (Å²) in [7, 11) is 0. The van der Waals surface area contributed by atoms with E-state index in [4.69, 9.17) is 11.6 Å². The molecule has 1 atom stereocenters. The first kappa shape index (κ1) is 14.9. The van der Waals surface area contributed by atoms with Gasteiger partial charge in [0.1, 0.15) is 12.0 Å². The molecule has 1 unspecified atom stereocenters. The average Bonchev–Trinajstić information content (AvgIpc) is 3.10. The van der Waals surface area contributed by atoms with E-state index < -0.39 is 0 Å². The van der Waals surface area contributed by atoms with Gasteiger partial charge in [0.25, 0.3) is 5.91 Å². The van der Waals surface area contributed by atoms with Gasteiger partial charge in [-0.15, -0.1) is 0 Å². The van der Waals surface area contributed by atoms with E-state index >= 15 is 0 Å². The van der Waals surface area contributed by atoms with Crippen LogP contribution < -0.4 is 0 Å². The third-order valence-corrected chi connectivity index (χ3v) is 4.56. The maximum Gasteiger partial charge on any atom is 0.275 e. The standard InChI is InChI=1S/C18H15ClN4O/c19-14-11-20-12-21-16(14)18(24)23-10-9-22-8-4-7-15(22)17(23)13-5-2-1-3-6-13/h1-8,11-12,17H,9-10H2. The molecule has 1 aromatic carbocycles. The second-order valence-electron chi connectivity index (χ2n) is 5.66. The molecule has 1 aliphatic rings. The molecule has 1 amide bonds. The Morgan fingerprint density at radius 3 is 2.75 bits per heavy atom. The molecular weight excluding hydrogens is 324 g/mol. The Morgan fingerprint density at radius 1 is 1.12 bits per heavy atom. The molecule has 6 heteroatoms.